The molecule has 0 bridgehead atoms. The molecule has 194 valence electrons. The number of hydrogen-bond donors (Lipinski definition) is 1. The highest BCUT2D eigenvalue weighted by molar-refractivity contribution is 7.91. The number of pyridine rings is 2. The van der Waals surface area contributed by atoms with Gasteiger partial charge < -0.3 is 9.13 Å². The minimum Gasteiger partial charge on any atom is -0.321 e. The van der Waals surface area contributed by atoms with Gasteiger partial charge in [0, 0.05) is 26.6 Å². The Morgan fingerprint density at radius 1 is 1.25 bits per heavy atom. The zero-order valence-corrected chi connectivity index (χ0v) is 20.9. The fourth-order valence-electron chi connectivity index (χ4n) is 3.92. The number of sulfone groups is 1. The minimum atomic E-state index is -4.78. The van der Waals surface area contributed by atoms with Gasteiger partial charge in [-0.05, 0) is 31.9 Å². The summed E-state index contributed by atoms with van der Waals surface area (Å²) in [6.07, 6.45) is -1.89. The Hall–Kier alpha value is -3.42. The lowest BCUT2D eigenvalue weighted by Gasteiger charge is -2.21. The van der Waals surface area contributed by atoms with Crippen LogP contribution in [0, 0.1) is 5.92 Å². The molecular formula is C22H25F3N6O4S. The molecule has 1 aliphatic carbocycles. The van der Waals surface area contributed by atoms with Gasteiger partial charge in [0.15, 0.2) is 15.7 Å². The number of aryl methyl sites for hydroxylation is 1. The van der Waals surface area contributed by atoms with Crippen LogP contribution >= 0.6 is 0 Å². The Morgan fingerprint density at radius 3 is 2.47 bits per heavy atom. The third-order valence-electron chi connectivity index (χ3n) is 6.12. The second-order valence-corrected chi connectivity index (χ2v) is 10.8. The monoisotopic (exact) mass is 526 g/mol. The van der Waals surface area contributed by atoms with Crippen LogP contribution in [0.15, 0.2) is 28.0 Å². The van der Waals surface area contributed by atoms with Gasteiger partial charge >= 0.3 is 6.18 Å². The highest BCUT2D eigenvalue weighted by Gasteiger charge is 2.36. The van der Waals surface area contributed by atoms with Crippen LogP contribution in [-0.4, -0.2) is 46.2 Å². The van der Waals surface area contributed by atoms with E-state index < -0.39 is 27.3 Å². The van der Waals surface area contributed by atoms with Crippen LogP contribution in [0.4, 0.5) is 18.9 Å². The molecule has 1 N–H and O–H groups in total. The van der Waals surface area contributed by atoms with Gasteiger partial charge in [-0.15, -0.1) is 0 Å². The standard InChI is InChI=1S/C22H25F3N6O4S/c1-5-31-16(22(23,24)25)10-14-18(21(31)33)29(3)19(27-14)17-15(36(34,35)6-2)9-13(11-26-17)30(4)28-20(32)12-7-8-12/h9-12H,5-8H2,1-4H3,(H,28,32). The van der Waals surface area contributed by atoms with Gasteiger partial charge in [-0.2, -0.15) is 13.2 Å². The van der Waals surface area contributed by atoms with E-state index in [1.807, 2.05) is 0 Å². The van der Waals surface area contributed by atoms with Crippen LogP contribution < -0.4 is 16.0 Å². The number of nitrogens with one attached hydrogen (secondary N) is 1. The number of hydrazine groups is 1. The number of carbonyl (C=O) groups is 1. The predicted octanol–water partition coefficient (Wildman–Crippen LogP) is 2.51. The number of alkyl halides is 3. The molecular weight excluding hydrogens is 501 g/mol. The molecule has 0 unspecified atom stereocenters. The number of imidazole rings is 1. The normalized spacial score (nSPS) is 14.3. The van der Waals surface area contributed by atoms with Crippen molar-refractivity contribution in [3.8, 4) is 11.5 Å². The summed E-state index contributed by atoms with van der Waals surface area (Å²) in [5.74, 6) is -0.627. The number of nitrogens with zero attached hydrogens (tertiary/aromatic N) is 5. The molecule has 10 nitrogen and oxygen atoms in total. The second kappa shape index (κ2) is 8.91. The van der Waals surface area contributed by atoms with Crippen molar-refractivity contribution in [1.82, 2.24) is 24.5 Å². The summed E-state index contributed by atoms with van der Waals surface area (Å²) in [5.41, 5.74) is 0.457. The topological polar surface area (TPSA) is 119 Å². The maximum absolute atomic E-state index is 13.6. The van der Waals surface area contributed by atoms with Gasteiger partial charge in [-0.25, -0.2) is 18.4 Å². The highest BCUT2D eigenvalue weighted by atomic mass is 32.2. The number of rotatable bonds is 7. The van der Waals surface area contributed by atoms with Crippen molar-refractivity contribution in [2.45, 2.75) is 44.3 Å². The third kappa shape index (κ3) is 4.45. The van der Waals surface area contributed by atoms with Crippen molar-refractivity contribution in [3.63, 3.8) is 0 Å². The van der Waals surface area contributed by atoms with Crippen LogP contribution in [0.5, 0.6) is 0 Å². The maximum Gasteiger partial charge on any atom is 0.431 e. The molecule has 0 atom stereocenters. The molecule has 3 aromatic heterocycles. The Kier molecular flexibility index (Phi) is 6.35. The largest absolute Gasteiger partial charge is 0.431 e. The lowest BCUT2D eigenvalue weighted by molar-refractivity contribution is -0.144. The van der Waals surface area contributed by atoms with E-state index in [1.54, 1.807) is 7.05 Å². The van der Waals surface area contributed by atoms with Crippen molar-refractivity contribution in [2.24, 2.45) is 13.0 Å². The fraction of sp³-hybridized carbons (Fsp3) is 0.455. The molecule has 0 radical (unpaired) electrons. The van der Waals surface area contributed by atoms with Gasteiger partial charge in [0.1, 0.15) is 16.9 Å². The molecule has 36 heavy (non-hydrogen) atoms. The van der Waals surface area contributed by atoms with Gasteiger partial charge in [0.25, 0.3) is 5.56 Å². The van der Waals surface area contributed by atoms with E-state index in [2.05, 4.69) is 15.4 Å². The number of halogens is 3. The summed E-state index contributed by atoms with van der Waals surface area (Å²) in [4.78, 5) is 33.3. The summed E-state index contributed by atoms with van der Waals surface area (Å²) in [6.45, 7) is 2.64. The number of fused-ring (bicyclic) bond motifs is 1. The van der Waals surface area contributed by atoms with Gasteiger partial charge in [0.2, 0.25) is 5.91 Å². The van der Waals surface area contributed by atoms with Gasteiger partial charge in [-0.1, -0.05) is 6.92 Å². The summed E-state index contributed by atoms with van der Waals surface area (Å²) >= 11 is 0. The highest BCUT2D eigenvalue weighted by Crippen LogP contribution is 2.34. The van der Waals surface area contributed by atoms with E-state index >= 15 is 0 Å². The van der Waals surface area contributed by atoms with Crippen molar-refractivity contribution in [1.29, 1.82) is 0 Å². The number of anilines is 1. The van der Waals surface area contributed by atoms with E-state index in [9.17, 15) is 31.2 Å². The lowest BCUT2D eigenvalue weighted by atomic mass is 10.3. The Labute approximate surface area is 204 Å². The Bertz CT molecular complexity index is 1520. The summed E-state index contributed by atoms with van der Waals surface area (Å²) < 4.78 is 68.6. The van der Waals surface area contributed by atoms with Crippen LogP contribution in [0.2, 0.25) is 0 Å². The minimum absolute atomic E-state index is 0.0766. The van der Waals surface area contributed by atoms with Crippen LogP contribution in [0.3, 0.4) is 0 Å². The average molecular weight is 527 g/mol. The van der Waals surface area contributed by atoms with E-state index in [1.165, 1.54) is 42.7 Å². The Morgan fingerprint density at radius 2 is 1.92 bits per heavy atom. The number of hydrogen-bond acceptors (Lipinski definition) is 7. The van der Waals surface area contributed by atoms with Crippen molar-refractivity contribution < 1.29 is 26.4 Å². The lowest BCUT2D eigenvalue weighted by Crippen LogP contribution is -2.40. The van der Waals surface area contributed by atoms with E-state index in [4.69, 9.17) is 0 Å². The van der Waals surface area contributed by atoms with Gasteiger partial charge in [-0.3, -0.25) is 20.0 Å². The molecule has 1 amide bonds. The summed E-state index contributed by atoms with van der Waals surface area (Å²) in [5, 5.41) is 1.36. The third-order valence-corrected chi connectivity index (χ3v) is 7.86. The molecule has 0 saturated heterocycles. The van der Waals surface area contributed by atoms with E-state index in [0.717, 1.165) is 18.9 Å². The quantitative estimate of drug-likeness (QED) is 0.470. The molecule has 1 saturated carbocycles. The van der Waals surface area contributed by atoms with E-state index in [0.29, 0.717) is 4.57 Å². The van der Waals surface area contributed by atoms with Crippen molar-refractivity contribution in [3.05, 3.63) is 34.4 Å². The first kappa shape index (κ1) is 25.7. The first-order chi connectivity index (χ1) is 16.8. The smallest absolute Gasteiger partial charge is 0.321 e. The molecule has 3 heterocycles. The number of aromatic nitrogens is 4. The molecule has 3 aromatic rings. The molecule has 0 aliphatic heterocycles. The van der Waals surface area contributed by atoms with Crippen molar-refractivity contribution in [2.75, 3.05) is 17.8 Å². The van der Waals surface area contributed by atoms with Crippen molar-refractivity contribution >= 4 is 32.5 Å². The van der Waals surface area contributed by atoms with Crippen LogP contribution in [0.1, 0.15) is 32.4 Å². The summed E-state index contributed by atoms with van der Waals surface area (Å²) in [7, 11) is -0.935. The molecule has 14 heteroatoms. The second-order valence-electron chi connectivity index (χ2n) is 8.56. The SMILES string of the molecule is CCn1c(C(F)(F)F)cc2nc(-c3ncc(N(C)NC(=O)C4CC4)cc3S(=O)(=O)CC)n(C)c2c1=O. The first-order valence-corrected chi connectivity index (χ1v) is 12.9. The van der Waals surface area contributed by atoms with Gasteiger partial charge in [0.05, 0.1) is 28.0 Å². The average Bonchev–Trinajstić information content (AvgIpc) is 3.61. The predicted molar refractivity (Wildman–Crippen MR) is 126 cm³/mol. The maximum atomic E-state index is 13.6. The molecule has 1 fully saturated rings. The summed E-state index contributed by atoms with van der Waals surface area (Å²) in [6, 6.07) is 2.09. The molecule has 0 spiro atoms. The van der Waals surface area contributed by atoms with Crippen LogP contribution in [-0.2, 0) is 34.4 Å². The zero-order chi connectivity index (χ0) is 26.6. The Balaban J connectivity index is 1.91. The molecule has 4 rings (SSSR count). The molecule has 1 aliphatic rings. The fourth-order valence-corrected chi connectivity index (χ4v) is 4.97. The first-order valence-electron chi connectivity index (χ1n) is 11.2. The zero-order valence-electron chi connectivity index (χ0n) is 20.0. The van der Waals surface area contributed by atoms with E-state index in [-0.39, 0.29) is 57.3 Å². The number of amides is 1. The molecule has 0 aromatic carbocycles. The van der Waals surface area contributed by atoms with Crippen LogP contribution in [0.25, 0.3) is 22.6 Å². The number of carbonyl (C=O) groups excluding carboxylic acids is 1.